The predicted molar refractivity (Wildman–Crippen MR) is 109 cm³/mol. The van der Waals surface area contributed by atoms with E-state index in [1.54, 1.807) is 13.8 Å². The highest BCUT2D eigenvalue weighted by molar-refractivity contribution is 5.37. The van der Waals surface area contributed by atoms with Crippen LogP contribution in [0.1, 0.15) is 57.1 Å². The minimum atomic E-state index is -0.959. The molecule has 2 aliphatic rings. The van der Waals surface area contributed by atoms with Gasteiger partial charge in [-0.3, -0.25) is 9.80 Å². The highest BCUT2D eigenvalue weighted by Gasteiger charge is 2.32. The summed E-state index contributed by atoms with van der Waals surface area (Å²) in [6, 6.07) is 9.56. The summed E-state index contributed by atoms with van der Waals surface area (Å²) in [5.41, 5.74) is 1.27. The molecule has 0 spiro atoms. The van der Waals surface area contributed by atoms with Gasteiger partial charge >= 0.3 is 0 Å². The van der Waals surface area contributed by atoms with Gasteiger partial charge in [-0.05, 0) is 50.8 Å². The molecule has 1 saturated heterocycles. The molecule has 1 atom stereocenters. The van der Waals surface area contributed by atoms with Gasteiger partial charge in [0, 0.05) is 50.4 Å². The molecule has 1 aromatic rings. The van der Waals surface area contributed by atoms with Crippen molar-refractivity contribution >= 4 is 0 Å². The molecule has 0 radical (unpaired) electrons. The third kappa shape index (κ3) is 6.05. The van der Waals surface area contributed by atoms with Gasteiger partial charge in [0.25, 0.3) is 0 Å². The van der Waals surface area contributed by atoms with Crippen LogP contribution in [-0.2, 0) is 6.54 Å². The number of hydrogen-bond donors (Lipinski definition) is 2. The maximum atomic E-state index is 9.72. The molecule has 1 unspecified atom stereocenters. The Labute approximate surface area is 164 Å². The standard InChI is InChI=1S/C23H34N2O2/c1-23(2,27)13-11-19-7-9-20(10-8-19)17-24-14-15-25(21-5-3-4-6-21)22(18-24)12-16-26/h7-10,21-22,26-27H,3-6,12,14-18H2,1-2H3. The maximum absolute atomic E-state index is 9.72. The monoisotopic (exact) mass is 370 g/mol. The molecular formula is C23H34N2O2. The van der Waals surface area contributed by atoms with E-state index in [0.717, 1.165) is 44.2 Å². The Morgan fingerprint density at radius 1 is 1.11 bits per heavy atom. The SMILES string of the molecule is CC(C)(O)C#Cc1ccc(CN2CCN(C3CCCC3)C(CCO)C2)cc1. The van der Waals surface area contributed by atoms with Crippen molar-refractivity contribution in [3.8, 4) is 11.8 Å². The number of aliphatic hydroxyl groups excluding tert-OH is 1. The fourth-order valence-electron chi connectivity index (χ4n) is 4.38. The van der Waals surface area contributed by atoms with Crippen molar-refractivity contribution < 1.29 is 10.2 Å². The van der Waals surface area contributed by atoms with Crippen LogP contribution in [0.25, 0.3) is 0 Å². The van der Waals surface area contributed by atoms with Gasteiger partial charge in [0.1, 0.15) is 5.60 Å². The maximum Gasteiger partial charge on any atom is 0.120 e. The molecule has 1 aliphatic heterocycles. The minimum absolute atomic E-state index is 0.274. The van der Waals surface area contributed by atoms with E-state index in [0.29, 0.717) is 6.04 Å². The van der Waals surface area contributed by atoms with Crippen LogP contribution in [0, 0.1) is 11.8 Å². The lowest BCUT2D eigenvalue weighted by Crippen LogP contribution is -2.55. The molecule has 4 nitrogen and oxygen atoms in total. The fraction of sp³-hybridized carbons (Fsp3) is 0.652. The van der Waals surface area contributed by atoms with E-state index >= 15 is 0 Å². The van der Waals surface area contributed by atoms with Crippen molar-refractivity contribution in [3.63, 3.8) is 0 Å². The topological polar surface area (TPSA) is 46.9 Å². The lowest BCUT2D eigenvalue weighted by molar-refractivity contribution is 0.0267. The normalized spacial score (nSPS) is 22.6. The van der Waals surface area contributed by atoms with E-state index in [1.165, 1.54) is 31.2 Å². The van der Waals surface area contributed by atoms with Crippen molar-refractivity contribution in [1.82, 2.24) is 9.80 Å². The van der Waals surface area contributed by atoms with Crippen molar-refractivity contribution in [2.75, 3.05) is 26.2 Å². The third-order valence-corrected chi connectivity index (χ3v) is 5.74. The summed E-state index contributed by atoms with van der Waals surface area (Å²) in [7, 11) is 0. The van der Waals surface area contributed by atoms with Gasteiger partial charge in [-0.25, -0.2) is 0 Å². The highest BCUT2D eigenvalue weighted by atomic mass is 16.3. The lowest BCUT2D eigenvalue weighted by atomic mass is 10.0. The molecule has 4 heteroatoms. The summed E-state index contributed by atoms with van der Waals surface area (Å²) in [4.78, 5) is 5.19. The highest BCUT2D eigenvalue weighted by Crippen LogP contribution is 2.28. The largest absolute Gasteiger partial charge is 0.396 e. The Balaban J connectivity index is 1.58. The molecule has 2 N–H and O–H groups in total. The van der Waals surface area contributed by atoms with Gasteiger partial charge in [0.2, 0.25) is 0 Å². The Morgan fingerprint density at radius 2 is 1.81 bits per heavy atom. The number of nitrogens with zero attached hydrogens (tertiary/aromatic N) is 2. The Hall–Kier alpha value is -1.38. The van der Waals surface area contributed by atoms with Gasteiger partial charge in [-0.15, -0.1) is 0 Å². The van der Waals surface area contributed by atoms with Crippen LogP contribution in [0.3, 0.4) is 0 Å². The van der Waals surface area contributed by atoms with Crippen LogP contribution in [0.5, 0.6) is 0 Å². The molecule has 1 aliphatic carbocycles. The summed E-state index contributed by atoms with van der Waals surface area (Å²) in [5.74, 6) is 5.88. The summed E-state index contributed by atoms with van der Waals surface area (Å²) in [5, 5.41) is 19.2. The molecule has 1 saturated carbocycles. The first-order valence-corrected chi connectivity index (χ1v) is 10.4. The molecule has 2 fully saturated rings. The average molecular weight is 371 g/mol. The van der Waals surface area contributed by atoms with Gasteiger partial charge in [-0.1, -0.05) is 36.8 Å². The summed E-state index contributed by atoms with van der Waals surface area (Å²) in [6.07, 6.45) is 6.25. The van der Waals surface area contributed by atoms with E-state index in [1.807, 2.05) is 12.1 Å². The summed E-state index contributed by atoms with van der Waals surface area (Å²) >= 11 is 0. The molecule has 0 amide bonds. The van der Waals surface area contributed by atoms with Crippen molar-refractivity contribution in [1.29, 1.82) is 0 Å². The first-order valence-electron chi connectivity index (χ1n) is 10.4. The van der Waals surface area contributed by atoms with Gasteiger partial charge in [-0.2, -0.15) is 0 Å². The zero-order valence-corrected chi connectivity index (χ0v) is 16.8. The van der Waals surface area contributed by atoms with Crippen LogP contribution in [0.4, 0.5) is 0 Å². The van der Waals surface area contributed by atoms with E-state index in [9.17, 15) is 10.2 Å². The second kappa shape index (κ2) is 9.21. The third-order valence-electron chi connectivity index (χ3n) is 5.74. The molecule has 27 heavy (non-hydrogen) atoms. The van der Waals surface area contributed by atoms with Crippen molar-refractivity contribution in [2.24, 2.45) is 0 Å². The number of benzene rings is 1. The predicted octanol–water partition coefficient (Wildman–Crippen LogP) is 2.62. The minimum Gasteiger partial charge on any atom is -0.396 e. The average Bonchev–Trinajstić information content (AvgIpc) is 3.15. The van der Waals surface area contributed by atoms with E-state index in [-0.39, 0.29) is 6.61 Å². The summed E-state index contributed by atoms with van der Waals surface area (Å²) < 4.78 is 0. The van der Waals surface area contributed by atoms with E-state index in [2.05, 4.69) is 33.8 Å². The van der Waals surface area contributed by atoms with Crippen LogP contribution < -0.4 is 0 Å². The molecule has 148 valence electrons. The van der Waals surface area contributed by atoms with Gasteiger partial charge < -0.3 is 10.2 Å². The molecule has 1 aromatic carbocycles. The first-order chi connectivity index (χ1) is 12.9. The molecule has 3 rings (SSSR count). The first kappa shape index (κ1) is 20.4. The van der Waals surface area contributed by atoms with Crippen molar-refractivity contribution in [3.05, 3.63) is 35.4 Å². The Morgan fingerprint density at radius 3 is 2.44 bits per heavy atom. The fourth-order valence-corrected chi connectivity index (χ4v) is 4.38. The van der Waals surface area contributed by atoms with E-state index in [4.69, 9.17) is 0 Å². The Bertz CT molecular complexity index is 648. The van der Waals surface area contributed by atoms with Crippen LogP contribution >= 0.6 is 0 Å². The second-order valence-electron chi connectivity index (χ2n) is 8.58. The number of hydrogen-bond acceptors (Lipinski definition) is 4. The molecule has 1 heterocycles. The molecule has 0 aromatic heterocycles. The van der Waals surface area contributed by atoms with Crippen LogP contribution in [0.15, 0.2) is 24.3 Å². The van der Waals surface area contributed by atoms with Gasteiger partial charge in [0.15, 0.2) is 0 Å². The van der Waals surface area contributed by atoms with Crippen LogP contribution in [-0.4, -0.2) is 63.9 Å². The van der Waals surface area contributed by atoms with Crippen molar-refractivity contribution in [2.45, 2.75) is 70.2 Å². The van der Waals surface area contributed by atoms with Gasteiger partial charge in [0.05, 0.1) is 0 Å². The smallest absolute Gasteiger partial charge is 0.120 e. The quantitative estimate of drug-likeness (QED) is 0.782. The second-order valence-corrected chi connectivity index (χ2v) is 8.58. The van der Waals surface area contributed by atoms with E-state index < -0.39 is 5.60 Å². The number of aliphatic hydroxyl groups is 2. The molecule has 0 bridgehead atoms. The van der Waals surface area contributed by atoms with Crippen LogP contribution in [0.2, 0.25) is 0 Å². The number of rotatable bonds is 5. The number of piperazine rings is 1. The zero-order chi connectivity index (χ0) is 19.3. The Kier molecular flexibility index (Phi) is 6.94. The lowest BCUT2D eigenvalue weighted by Gasteiger charge is -2.44. The zero-order valence-electron chi connectivity index (χ0n) is 16.8. The summed E-state index contributed by atoms with van der Waals surface area (Å²) in [6.45, 7) is 7.86. The molecular weight excluding hydrogens is 336 g/mol.